The summed E-state index contributed by atoms with van der Waals surface area (Å²) < 4.78 is 2.22. The predicted molar refractivity (Wildman–Crippen MR) is 109 cm³/mol. The molecule has 0 spiro atoms. The molecule has 0 aliphatic rings. The Morgan fingerprint density at radius 3 is 2.60 bits per heavy atom. The molecule has 0 atom stereocenters. The maximum absolute atomic E-state index is 6.11. The van der Waals surface area contributed by atoms with Gasteiger partial charge in [0.1, 0.15) is 0 Å². The summed E-state index contributed by atoms with van der Waals surface area (Å²) >= 11 is 15.5. The lowest BCUT2D eigenvalue weighted by Crippen LogP contribution is -2.02. The number of aromatic nitrogens is 3. The van der Waals surface area contributed by atoms with Crippen LogP contribution in [-0.4, -0.2) is 14.8 Å². The molecule has 132 valence electrons. The van der Waals surface area contributed by atoms with Crippen LogP contribution in [0.25, 0.3) is 11.4 Å². The molecule has 0 bridgehead atoms. The fourth-order valence-electron chi connectivity index (χ4n) is 2.53. The highest BCUT2D eigenvalue weighted by Crippen LogP contribution is 2.33. The van der Waals surface area contributed by atoms with E-state index in [2.05, 4.69) is 40.9 Å². The van der Waals surface area contributed by atoms with Crippen LogP contribution in [0.2, 0.25) is 10.0 Å². The Morgan fingerprint density at radius 2 is 1.96 bits per heavy atom. The van der Waals surface area contributed by atoms with Crippen molar-refractivity contribution in [1.29, 1.82) is 0 Å². The summed E-state index contributed by atoms with van der Waals surface area (Å²) in [6, 6.07) is 5.74. The van der Waals surface area contributed by atoms with Gasteiger partial charge in [0, 0.05) is 28.1 Å². The van der Waals surface area contributed by atoms with Crippen molar-refractivity contribution in [2.24, 2.45) is 0 Å². The third kappa shape index (κ3) is 4.05. The van der Waals surface area contributed by atoms with E-state index in [1.54, 1.807) is 23.1 Å². The van der Waals surface area contributed by atoms with Crippen LogP contribution in [0.4, 0.5) is 0 Å². The maximum Gasteiger partial charge on any atom is 0.191 e. The number of benzene rings is 1. The van der Waals surface area contributed by atoms with Crippen LogP contribution in [0.5, 0.6) is 0 Å². The molecule has 0 fully saturated rings. The molecule has 0 radical (unpaired) electrons. The highest BCUT2D eigenvalue weighted by molar-refractivity contribution is 7.98. The summed E-state index contributed by atoms with van der Waals surface area (Å²) in [4.78, 5) is 1.33. The summed E-state index contributed by atoms with van der Waals surface area (Å²) in [5.74, 6) is 1.74. The predicted octanol–water partition coefficient (Wildman–Crippen LogP) is 6.63. The number of hydrogen-bond donors (Lipinski definition) is 0. The van der Waals surface area contributed by atoms with Gasteiger partial charge in [-0.1, -0.05) is 48.0 Å². The molecular formula is C18H19Cl2N3S2. The van der Waals surface area contributed by atoms with E-state index in [1.807, 2.05) is 18.2 Å². The molecule has 25 heavy (non-hydrogen) atoms. The van der Waals surface area contributed by atoms with Gasteiger partial charge in [0.2, 0.25) is 0 Å². The monoisotopic (exact) mass is 411 g/mol. The zero-order valence-electron chi connectivity index (χ0n) is 14.3. The van der Waals surface area contributed by atoms with Crippen molar-refractivity contribution in [2.45, 2.75) is 44.6 Å². The van der Waals surface area contributed by atoms with Gasteiger partial charge in [0.05, 0.1) is 10.0 Å². The Bertz CT molecular complexity index is 887. The normalized spacial score (nSPS) is 11.2. The number of hydrogen-bond acceptors (Lipinski definition) is 4. The second-order valence-electron chi connectivity index (χ2n) is 5.83. The van der Waals surface area contributed by atoms with Crippen LogP contribution in [0, 0.1) is 13.8 Å². The minimum absolute atomic E-state index is 0.579. The first kappa shape index (κ1) is 18.8. The number of thiophene rings is 1. The molecular weight excluding hydrogens is 393 g/mol. The number of halogens is 2. The van der Waals surface area contributed by atoms with Gasteiger partial charge in [-0.15, -0.1) is 21.5 Å². The lowest BCUT2D eigenvalue weighted by molar-refractivity contribution is 0.626. The first-order valence-electron chi connectivity index (χ1n) is 8.06. The van der Waals surface area contributed by atoms with Gasteiger partial charge < -0.3 is 4.57 Å². The summed E-state index contributed by atoms with van der Waals surface area (Å²) in [6.45, 7) is 7.36. The van der Waals surface area contributed by atoms with Gasteiger partial charge in [0.15, 0.2) is 11.0 Å². The number of nitrogens with zero attached hydrogens (tertiary/aromatic N) is 3. The minimum Gasteiger partial charge on any atom is -0.302 e. The van der Waals surface area contributed by atoms with Crippen LogP contribution in [-0.2, 0) is 12.3 Å². The zero-order valence-corrected chi connectivity index (χ0v) is 17.5. The van der Waals surface area contributed by atoms with Gasteiger partial charge in [-0.05, 0) is 43.5 Å². The van der Waals surface area contributed by atoms with Crippen molar-refractivity contribution >= 4 is 46.3 Å². The fourth-order valence-corrected chi connectivity index (χ4v) is 4.62. The van der Waals surface area contributed by atoms with E-state index >= 15 is 0 Å². The SMILES string of the molecule is CCCn1c(SCc2ccc(Cl)c(Cl)c2)nnc1-c1csc(C)c1C. The molecule has 3 rings (SSSR count). The highest BCUT2D eigenvalue weighted by Gasteiger charge is 2.17. The standard InChI is InChI=1S/C18H19Cl2N3S2/c1-4-7-23-17(14-10-24-12(3)11(14)2)21-22-18(23)25-9-13-5-6-15(19)16(20)8-13/h5-6,8,10H,4,7,9H2,1-3H3. The van der Waals surface area contributed by atoms with E-state index in [4.69, 9.17) is 23.2 Å². The largest absolute Gasteiger partial charge is 0.302 e. The average molecular weight is 412 g/mol. The molecule has 0 amide bonds. The van der Waals surface area contributed by atoms with Gasteiger partial charge in [0.25, 0.3) is 0 Å². The van der Waals surface area contributed by atoms with E-state index in [0.717, 1.165) is 35.3 Å². The molecule has 0 aliphatic heterocycles. The zero-order chi connectivity index (χ0) is 18.0. The lowest BCUT2D eigenvalue weighted by Gasteiger charge is -2.09. The minimum atomic E-state index is 0.579. The molecule has 7 heteroatoms. The summed E-state index contributed by atoms with van der Waals surface area (Å²) in [6.07, 6.45) is 1.04. The fraction of sp³-hybridized carbons (Fsp3) is 0.333. The van der Waals surface area contributed by atoms with Gasteiger partial charge in [-0.3, -0.25) is 0 Å². The smallest absolute Gasteiger partial charge is 0.191 e. The molecule has 0 unspecified atom stereocenters. The van der Waals surface area contributed by atoms with Crippen molar-refractivity contribution in [3.05, 3.63) is 49.6 Å². The van der Waals surface area contributed by atoms with Crippen LogP contribution < -0.4 is 0 Å². The number of thioether (sulfide) groups is 1. The third-order valence-electron chi connectivity index (χ3n) is 4.04. The van der Waals surface area contributed by atoms with Crippen molar-refractivity contribution in [3.63, 3.8) is 0 Å². The summed E-state index contributed by atoms with van der Waals surface area (Å²) in [5, 5.41) is 13.2. The molecule has 2 heterocycles. The molecule has 0 aliphatic carbocycles. The Kier molecular flexibility index (Phi) is 6.10. The first-order chi connectivity index (χ1) is 12.0. The summed E-state index contributed by atoms with van der Waals surface area (Å²) in [7, 11) is 0. The molecule has 0 saturated carbocycles. The van der Waals surface area contributed by atoms with Crippen LogP contribution in [0.1, 0.15) is 29.3 Å². The van der Waals surface area contributed by atoms with Gasteiger partial charge in [-0.2, -0.15) is 0 Å². The molecule has 1 aromatic carbocycles. The van der Waals surface area contributed by atoms with Gasteiger partial charge in [-0.25, -0.2) is 0 Å². The van der Waals surface area contributed by atoms with E-state index in [0.29, 0.717) is 10.0 Å². The third-order valence-corrected chi connectivity index (χ3v) is 6.83. The topological polar surface area (TPSA) is 30.7 Å². The van der Waals surface area contributed by atoms with E-state index in [1.165, 1.54) is 16.0 Å². The molecule has 3 nitrogen and oxygen atoms in total. The molecule has 3 aromatic rings. The Balaban J connectivity index is 1.86. The maximum atomic E-state index is 6.11. The Hall–Kier alpha value is -1.01. The van der Waals surface area contributed by atoms with Crippen molar-refractivity contribution in [1.82, 2.24) is 14.8 Å². The molecule has 2 aromatic heterocycles. The van der Waals surface area contributed by atoms with Crippen LogP contribution in [0.15, 0.2) is 28.7 Å². The first-order valence-corrected chi connectivity index (χ1v) is 10.7. The second kappa shape index (κ2) is 8.12. The van der Waals surface area contributed by atoms with E-state index in [-0.39, 0.29) is 0 Å². The highest BCUT2D eigenvalue weighted by atomic mass is 35.5. The van der Waals surface area contributed by atoms with E-state index in [9.17, 15) is 0 Å². The second-order valence-corrected chi connectivity index (χ2v) is 8.67. The Labute approximate surface area is 166 Å². The van der Waals surface area contributed by atoms with E-state index < -0.39 is 0 Å². The number of aryl methyl sites for hydroxylation is 1. The Morgan fingerprint density at radius 1 is 1.16 bits per heavy atom. The van der Waals surface area contributed by atoms with Crippen molar-refractivity contribution < 1.29 is 0 Å². The number of rotatable bonds is 6. The molecule has 0 saturated heterocycles. The molecule has 0 N–H and O–H groups in total. The van der Waals surface area contributed by atoms with Crippen molar-refractivity contribution in [2.75, 3.05) is 0 Å². The lowest BCUT2D eigenvalue weighted by atomic mass is 10.1. The van der Waals surface area contributed by atoms with Crippen molar-refractivity contribution in [3.8, 4) is 11.4 Å². The average Bonchev–Trinajstić information content (AvgIpc) is 3.13. The quantitative estimate of drug-likeness (QED) is 0.426. The van der Waals surface area contributed by atoms with Crippen LogP contribution in [0.3, 0.4) is 0 Å². The summed E-state index contributed by atoms with van der Waals surface area (Å²) in [5.41, 5.74) is 3.59. The van der Waals surface area contributed by atoms with Crippen LogP contribution >= 0.6 is 46.3 Å². The van der Waals surface area contributed by atoms with Gasteiger partial charge >= 0.3 is 0 Å².